The molecule has 0 aliphatic rings. The molecule has 2 rings (SSSR count). The van der Waals surface area contributed by atoms with Crippen molar-refractivity contribution in [3.8, 4) is 0 Å². The van der Waals surface area contributed by atoms with Crippen molar-refractivity contribution in [2.75, 3.05) is 0 Å². The monoisotopic (exact) mass is 283 g/mol. The zero-order valence-corrected chi connectivity index (χ0v) is 9.28. The van der Waals surface area contributed by atoms with Crippen LogP contribution in [-0.4, -0.2) is 0 Å². The molecule has 13 heavy (non-hydrogen) atoms. The summed E-state index contributed by atoms with van der Waals surface area (Å²) >= 11 is 2.33. The van der Waals surface area contributed by atoms with Crippen molar-refractivity contribution in [3.05, 3.63) is 45.5 Å². The molecule has 2 heteroatoms. The van der Waals surface area contributed by atoms with Crippen molar-refractivity contribution in [1.82, 2.24) is 0 Å². The Kier molecular flexibility index (Phi) is 2.51. The number of rotatable bonds is 1. The summed E-state index contributed by atoms with van der Waals surface area (Å²) in [5.41, 5.74) is 6.86. The van der Waals surface area contributed by atoms with Gasteiger partial charge in [0.15, 0.2) is 0 Å². The van der Waals surface area contributed by atoms with Gasteiger partial charge in [-0.05, 0) is 51.1 Å². The van der Waals surface area contributed by atoms with Gasteiger partial charge in [0.25, 0.3) is 0 Å². The van der Waals surface area contributed by atoms with Gasteiger partial charge in [-0.15, -0.1) is 0 Å². The van der Waals surface area contributed by atoms with Crippen molar-refractivity contribution in [2.45, 2.75) is 6.54 Å². The summed E-state index contributed by atoms with van der Waals surface area (Å²) in [6.45, 7) is 0.614. The van der Waals surface area contributed by atoms with Crippen molar-refractivity contribution in [2.24, 2.45) is 5.73 Å². The van der Waals surface area contributed by atoms with Crippen molar-refractivity contribution < 1.29 is 0 Å². The second kappa shape index (κ2) is 3.64. The molecule has 0 spiro atoms. The molecule has 0 amide bonds. The van der Waals surface area contributed by atoms with E-state index < -0.39 is 0 Å². The van der Waals surface area contributed by atoms with E-state index in [0.29, 0.717) is 6.54 Å². The second-order valence-corrected chi connectivity index (χ2v) is 4.16. The summed E-state index contributed by atoms with van der Waals surface area (Å²) in [7, 11) is 0. The van der Waals surface area contributed by atoms with E-state index in [-0.39, 0.29) is 0 Å². The van der Waals surface area contributed by atoms with Crippen molar-refractivity contribution in [3.63, 3.8) is 0 Å². The highest BCUT2D eigenvalue weighted by atomic mass is 127. The topological polar surface area (TPSA) is 26.0 Å². The second-order valence-electron chi connectivity index (χ2n) is 2.99. The van der Waals surface area contributed by atoms with Gasteiger partial charge in [0.2, 0.25) is 0 Å². The van der Waals surface area contributed by atoms with Crippen LogP contribution >= 0.6 is 22.6 Å². The van der Waals surface area contributed by atoms with E-state index in [0.717, 1.165) is 0 Å². The predicted octanol–water partition coefficient (Wildman–Crippen LogP) is 2.90. The number of hydrogen-bond donors (Lipinski definition) is 1. The van der Waals surface area contributed by atoms with Crippen LogP contribution in [-0.2, 0) is 6.54 Å². The Morgan fingerprint density at radius 3 is 2.31 bits per heavy atom. The van der Waals surface area contributed by atoms with Gasteiger partial charge >= 0.3 is 0 Å². The maximum Gasteiger partial charge on any atom is 0.0188 e. The van der Waals surface area contributed by atoms with E-state index in [2.05, 4.69) is 59.0 Å². The average Bonchev–Trinajstić information content (AvgIpc) is 2.17. The summed E-state index contributed by atoms with van der Waals surface area (Å²) in [5.74, 6) is 0. The number of nitrogens with two attached hydrogens (primary N) is 1. The fourth-order valence-corrected chi connectivity index (χ4v) is 2.13. The summed E-state index contributed by atoms with van der Waals surface area (Å²) in [6, 6.07) is 12.7. The molecular weight excluding hydrogens is 273 g/mol. The molecule has 0 fully saturated rings. The Morgan fingerprint density at radius 1 is 1.08 bits per heavy atom. The lowest BCUT2D eigenvalue weighted by atomic mass is 10.1. The molecule has 0 aliphatic carbocycles. The van der Waals surface area contributed by atoms with Gasteiger partial charge in [0.05, 0.1) is 0 Å². The normalized spacial score (nSPS) is 10.6. The quantitative estimate of drug-likeness (QED) is 0.800. The standard InChI is InChI=1S/C11H10IN/c12-11-6-9-4-2-1-3-8(9)5-10(11)7-13/h1-6H,7,13H2. The lowest BCUT2D eigenvalue weighted by Crippen LogP contribution is -1.98. The minimum Gasteiger partial charge on any atom is -0.326 e. The largest absolute Gasteiger partial charge is 0.326 e. The Bertz CT molecular complexity index is 437. The third kappa shape index (κ3) is 1.69. The SMILES string of the molecule is NCc1cc2ccccc2cc1I. The Morgan fingerprint density at radius 2 is 1.69 bits per heavy atom. The van der Waals surface area contributed by atoms with E-state index in [1.54, 1.807) is 0 Å². The molecule has 0 bridgehead atoms. The average molecular weight is 283 g/mol. The summed E-state index contributed by atoms with van der Waals surface area (Å²) < 4.78 is 1.25. The highest BCUT2D eigenvalue weighted by Gasteiger charge is 1.99. The molecule has 0 radical (unpaired) electrons. The molecule has 0 saturated heterocycles. The van der Waals surface area contributed by atoms with Gasteiger partial charge in [-0.3, -0.25) is 0 Å². The van der Waals surface area contributed by atoms with Crippen LogP contribution in [0.5, 0.6) is 0 Å². The molecule has 0 atom stereocenters. The molecule has 0 heterocycles. The third-order valence-electron chi connectivity index (χ3n) is 2.13. The van der Waals surface area contributed by atoms with Crippen LogP contribution in [0.2, 0.25) is 0 Å². The molecule has 2 aromatic rings. The van der Waals surface area contributed by atoms with Gasteiger partial charge in [0.1, 0.15) is 0 Å². The molecule has 1 nitrogen and oxygen atoms in total. The van der Waals surface area contributed by atoms with E-state index in [9.17, 15) is 0 Å². The molecule has 2 N–H and O–H groups in total. The fraction of sp³-hybridized carbons (Fsp3) is 0.0909. The summed E-state index contributed by atoms with van der Waals surface area (Å²) in [4.78, 5) is 0. The number of benzene rings is 2. The first kappa shape index (κ1) is 8.97. The van der Waals surface area contributed by atoms with Gasteiger partial charge in [-0.1, -0.05) is 24.3 Å². The first-order valence-corrected chi connectivity index (χ1v) is 5.26. The molecule has 66 valence electrons. The van der Waals surface area contributed by atoms with E-state index in [1.165, 1.54) is 19.9 Å². The molecular formula is C11H10IN. The Hall–Kier alpha value is -0.610. The lowest BCUT2D eigenvalue weighted by Gasteiger charge is -2.03. The van der Waals surface area contributed by atoms with Crippen LogP contribution in [0.3, 0.4) is 0 Å². The first-order chi connectivity index (χ1) is 6.31. The van der Waals surface area contributed by atoms with Crippen LogP contribution in [0.4, 0.5) is 0 Å². The van der Waals surface area contributed by atoms with Crippen LogP contribution in [0.1, 0.15) is 5.56 Å². The maximum atomic E-state index is 5.64. The smallest absolute Gasteiger partial charge is 0.0188 e. The number of halogens is 1. The zero-order chi connectivity index (χ0) is 9.26. The molecule has 0 unspecified atom stereocenters. The summed E-state index contributed by atoms with van der Waals surface area (Å²) in [5, 5.41) is 2.55. The lowest BCUT2D eigenvalue weighted by molar-refractivity contribution is 1.06. The minimum atomic E-state index is 0.614. The third-order valence-corrected chi connectivity index (χ3v) is 3.14. The maximum absolute atomic E-state index is 5.64. The molecule has 0 aromatic heterocycles. The molecule has 0 aliphatic heterocycles. The van der Waals surface area contributed by atoms with Gasteiger partial charge in [-0.25, -0.2) is 0 Å². The summed E-state index contributed by atoms with van der Waals surface area (Å²) in [6.07, 6.45) is 0. The van der Waals surface area contributed by atoms with E-state index in [4.69, 9.17) is 5.73 Å². The molecule has 0 saturated carbocycles. The van der Waals surface area contributed by atoms with E-state index >= 15 is 0 Å². The highest BCUT2D eigenvalue weighted by molar-refractivity contribution is 14.1. The van der Waals surface area contributed by atoms with Crippen molar-refractivity contribution in [1.29, 1.82) is 0 Å². The van der Waals surface area contributed by atoms with Crippen LogP contribution < -0.4 is 5.73 Å². The zero-order valence-electron chi connectivity index (χ0n) is 7.13. The van der Waals surface area contributed by atoms with Crippen LogP contribution in [0.25, 0.3) is 10.8 Å². The van der Waals surface area contributed by atoms with Gasteiger partial charge < -0.3 is 5.73 Å². The van der Waals surface area contributed by atoms with Crippen molar-refractivity contribution >= 4 is 33.4 Å². The van der Waals surface area contributed by atoms with Crippen LogP contribution in [0.15, 0.2) is 36.4 Å². The number of hydrogen-bond acceptors (Lipinski definition) is 1. The minimum absolute atomic E-state index is 0.614. The Labute approximate surface area is 91.1 Å². The highest BCUT2D eigenvalue weighted by Crippen LogP contribution is 2.20. The predicted molar refractivity (Wildman–Crippen MR) is 64.6 cm³/mol. The molecule has 2 aromatic carbocycles. The number of fused-ring (bicyclic) bond motifs is 1. The van der Waals surface area contributed by atoms with Gasteiger partial charge in [0, 0.05) is 10.1 Å². The Balaban J connectivity index is 2.74. The van der Waals surface area contributed by atoms with Gasteiger partial charge in [-0.2, -0.15) is 0 Å². The van der Waals surface area contributed by atoms with E-state index in [1.807, 2.05) is 0 Å². The fourth-order valence-electron chi connectivity index (χ4n) is 1.42. The van der Waals surface area contributed by atoms with Crippen LogP contribution in [0, 0.1) is 3.57 Å². The first-order valence-electron chi connectivity index (χ1n) is 4.18.